The second kappa shape index (κ2) is 6.76. The average molecular weight is 372 g/mol. The van der Waals surface area contributed by atoms with Crippen molar-refractivity contribution in [2.45, 2.75) is 32.4 Å². The van der Waals surface area contributed by atoms with Crippen molar-refractivity contribution < 1.29 is 4.79 Å². The summed E-state index contributed by atoms with van der Waals surface area (Å²) in [6.45, 7) is 3.95. The van der Waals surface area contributed by atoms with Crippen molar-refractivity contribution in [1.82, 2.24) is 9.97 Å². The molecule has 2 aliphatic heterocycles. The maximum Gasteiger partial charge on any atom is 0.246 e. The van der Waals surface area contributed by atoms with Gasteiger partial charge < -0.3 is 14.7 Å². The standard InChI is InChI=1S/C19H22ClN5O/c1-13-4-3-9-24(13)19-16-10-25(15-7-5-14(20)6-8-15)17(26)11-23(2)18(16)21-12-22-19/h5-8,12-13H,3-4,9-11H2,1-2H3. The summed E-state index contributed by atoms with van der Waals surface area (Å²) in [6.07, 6.45) is 3.93. The summed E-state index contributed by atoms with van der Waals surface area (Å²) in [5.74, 6) is 1.81. The number of likely N-dealkylation sites (N-methyl/N-ethyl adjacent to an activating group) is 1. The highest BCUT2D eigenvalue weighted by Crippen LogP contribution is 2.34. The predicted octanol–water partition coefficient (Wildman–Crippen LogP) is 3.10. The van der Waals surface area contributed by atoms with Crippen molar-refractivity contribution in [2.24, 2.45) is 0 Å². The Balaban J connectivity index is 1.78. The third-order valence-corrected chi connectivity index (χ3v) is 5.47. The predicted molar refractivity (Wildman–Crippen MR) is 104 cm³/mol. The number of aromatic nitrogens is 2. The highest BCUT2D eigenvalue weighted by Gasteiger charge is 2.31. The summed E-state index contributed by atoms with van der Waals surface area (Å²) < 4.78 is 0. The molecular formula is C19H22ClN5O. The van der Waals surface area contributed by atoms with E-state index in [1.165, 1.54) is 0 Å². The SMILES string of the molecule is CC1CCCN1c1ncnc2c1CN(c1ccc(Cl)cc1)C(=O)CN2C. The van der Waals surface area contributed by atoms with Crippen molar-refractivity contribution >= 4 is 34.8 Å². The molecular weight excluding hydrogens is 350 g/mol. The lowest BCUT2D eigenvalue weighted by Crippen LogP contribution is -2.35. The first-order valence-electron chi connectivity index (χ1n) is 8.92. The number of nitrogens with zero attached hydrogens (tertiary/aromatic N) is 5. The van der Waals surface area contributed by atoms with Crippen LogP contribution in [0.25, 0.3) is 0 Å². The zero-order valence-corrected chi connectivity index (χ0v) is 15.8. The lowest BCUT2D eigenvalue weighted by molar-refractivity contribution is -0.117. The van der Waals surface area contributed by atoms with Crippen molar-refractivity contribution in [2.75, 3.05) is 34.8 Å². The summed E-state index contributed by atoms with van der Waals surface area (Å²) >= 11 is 6.01. The van der Waals surface area contributed by atoms with Crippen LogP contribution in [-0.2, 0) is 11.3 Å². The van der Waals surface area contributed by atoms with Crippen LogP contribution in [-0.4, -0.2) is 42.1 Å². The third-order valence-electron chi connectivity index (χ3n) is 5.21. The molecule has 1 unspecified atom stereocenters. The van der Waals surface area contributed by atoms with Crippen LogP contribution in [0, 0.1) is 0 Å². The largest absolute Gasteiger partial charge is 0.353 e. The summed E-state index contributed by atoms with van der Waals surface area (Å²) in [5, 5.41) is 0.656. The number of rotatable bonds is 2. The van der Waals surface area contributed by atoms with Crippen LogP contribution >= 0.6 is 11.6 Å². The molecule has 2 aromatic rings. The zero-order valence-electron chi connectivity index (χ0n) is 15.0. The quantitative estimate of drug-likeness (QED) is 0.811. The number of fused-ring (bicyclic) bond motifs is 1. The second-order valence-corrected chi connectivity index (χ2v) is 7.43. The van der Waals surface area contributed by atoms with Gasteiger partial charge in [0.05, 0.1) is 18.7 Å². The molecule has 1 aromatic carbocycles. The molecule has 136 valence electrons. The number of carbonyl (C=O) groups is 1. The van der Waals surface area contributed by atoms with Crippen LogP contribution in [0.15, 0.2) is 30.6 Å². The van der Waals surface area contributed by atoms with Crippen molar-refractivity contribution in [3.05, 3.63) is 41.2 Å². The van der Waals surface area contributed by atoms with Crippen molar-refractivity contribution in [1.29, 1.82) is 0 Å². The summed E-state index contributed by atoms with van der Waals surface area (Å²) in [7, 11) is 1.91. The Morgan fingerprint density at radius 3 is 2.54 bits per heavy atom. The van der Waals surface area contributed by atoms with Gasteiger partial charge in [-0.3, -0.25) is 4.79 Å². The van der Waals surface area contributed by atoms with Crippen LogP contribution in [0.2, 0.25) is 5.02 Å². The van der Waals surface area contributed by atoms with Gasteiger partial charge >= 0.3 is 0 Å². The fourth-order valence-electron chi connectivity index (χ4n) is 3.83. The minimum absolute atomic E-state index is 0.0354. The zero-order chi connectivity index (χ0) is 18.3. The van der Waals surface area contributed by atoms with Gasteiger partial charge in [0.25, 0.3) is 0 Å². The fraction of sp³-hybridized carbons (Fsp3) is 0.421. The van der Waals surface area contributed by atoms with Gasteiger partial charge in [0, 0.05) is 30.3 Å². The number of halogens is 1. The van der Waals surface area contributed by atoms with E-state index in [0.717, 1.165) is 42.3 Å². The van der Waals surface area contributed by atoms with Crippen LogP contribution in [0.5, 0.6) is 0 Å². The average Bonchev–Trinajstić information content (AvgIpc) is 3.00. The van der Waals surface area contributed by atoms with Gasteiger partial charge in [0.1, 0.15) is 18.0 Å². The van der Waals surface area contributed by atoms with Crippen molar-refractivity contribution in [3.8, 4) is 0 Å². The van der Waals surface area contributed by atoms with Gasteiger partial charge in [-0.05, 0) is 44.0 Å². The van der Waals surface area contributed by atoms with E-state index in [1.807, 2.05) is 36.2 Å². The lowest BCUT2D eigenvalue weighted by Gasteiger charge is -2.27. The molecule has 1 saturated heterocycles. The number of hydrogen-bond donors (Lipinski definition) is 0. The van der Waals surface area contributed by atoms with Crippen molar-refractivity contribution in [3.63, 3.8) is 0 Å². The van der Waals surface area contributed by atoms with E-state index < -0.39 is 0 Å². The fourth-order valence-corrected chi connectivity index (χ4v) is 3.95. The third kappa shape index (κ3) is 2.98. The first-order valence-corrected chi connectivity index (χ1v) is 9.30. The van der Waals surface area contributed by atoms with Crippen LogP contribution in [0.3, 0.4) is 0 Å². The molecule has 0 saturated carbocycles. The molecule has 0 spiro atoms. The van der Waals surface area contributed by atoms with Gasteiger partial charge in [-0.1, -0.05) is 11.6 Å². The van der Waals surface area contributed by atoms with Gasteiger partial charge in [0.15, 0.2) is 0 Å². The first kappa shape index (κ1) is 17.1. The summed E-state index contributed by atoms with van der Waals surface area (Å²) in [4.78, 5) is 28.0. The van der Waals surface area contributed by atoms with E-state index >= 15 is 0 Å². The Morgan fingerprint density at radius 2 is 1.85 bits per heavy atom. The molecule has 0 radical (unpaired) electrons. The molecule has 7 heteroatoms. The highest BCUT2D eigenvalue weighted by atomic mass is 35.5. The Hall–Kier alpha value is -2.34. The summed E-state index contributed by atoms with van der Waals surface area (Å²) in [5.41, 5.74) is 1.84. The highest BCUT2D eigenvalue weighted by molar-refractivity contribution is 6.30. The topological polar surface area (TPSA) is 52.6 Å². The Kier molecular flexibility index (Phi) is 4.44. The van der Waals surface area contributed by atoms with Crippen LogP contribution < -0.4 is 14.7 Å². The van der Waals surface area contributed by atoms with Gasteiger partial charge in [0.2, 0.25) is 5.91 Å². The Bertz CT molecular complexity index is 825. The van der Waals surface area contributed by atoms with E-state index in [-0.39, 0.29) is 12.5 Å². The first-order chi connectivity index (χ1) is 12.5. The van der Waals surface area contributed by atoms with E-state index in [9.17, 15) is 4.79 Å². The van der Waals surface area contributed by atoms with Crippen LogP contribution in [0.4, 0.5) is 17.3 Å². The van der Waals surface area contributed by atoms with E-state index in [1.54, 1.807) is 11.2 Å². The second-order valence-electron chi connectivity index (χ2n) is 7.00. The lowest BCUT2D eigenvalue weighted by atomic mass is 10.2. The number of anilines is 3. The normalized spacial score (nSPS) is 20.3. The maximum absolute atomic E-state index is 12.9. The molecule has 0 aliphatic carbocycles. The minimum Gasteiger partial charge on any atom is -0.353 e. The van der Waals surface area contributed by atoms with E-state index in [0.29, 0.717) is 17.6 Å². The number of carbonyl (C=O) groups excluding carboxylic acids is 1. The summed E-state index contributed by atoms with van der Waals surface area (Å²) in [6, 6.07) is 7.83. The molecule has 0 N–H and O–H groups in total. The molecule has 1 atom stereocenters. The molecule has 1 fully saturated rings. The van der Waals surface area contributed by atoms with E-state index in [4.69, 9.17) is 11.6 Å². The maximum atomic E-state index is 12.9. The molecule has 3 heterocycles. The Labute approximate surface area is 158 Å². The van der Waals surface area contributed by atoms with Crippen LogP contribution in [0.1, 0.15) is 25.3 Å². The monoisotopic (exact) mass is 371 g/mol. The molecule has 2 aliphatic rings. The molecule has 4 rings (SSSR count). The van der Waals surface area contributed by atoms with Gasteiger partial charge in [-0.2, -0.15) is 0 Å². The molecule has 6 nitrogen and oxygen atoms in total. The molecule has 0 bridgehead atoms. The molecule has 1 aromatic heterocycles. The van der Waals surface area contributed by atoms with E-state index in [2.05, 4.69) is 21.8 Å². The number of amides is 1. The molecule has 26 heavy (non-hydrogen) atoms. The molecule has 1 amide bonds. The number of hydrogen-bond acceptors (Lipinski definition) is 5. The van der Waals surface area contributed by atoms with Gasteiger partial charge in [-0.15, -0.1) is 0 Å². The Morgan fingerprint density at radius 1 is 1.12 bits per heavy atom. The number of benzene rings is 1. The minimum atomic E-state index is 0.0354. The smallest absolute Gasteiger partial charge is 0.246 e. The van der Waals surface area contributed by atoms with Gasteiger partial charge in [-0.25, -0.2) is 9.97 Å².